The number of fused-ring (bicyclic) bond motifs is 4. The Morgan fingerprint density at radius 2 is 1.87 bits per heavy atom. The van der Waals surface area contributed by atoms with Crippen molar-refractivity contribution in [3.8, 4) is 5.75 Å². The number of ether oxygens (including phenoxy) is 2. The van der Waals surface area contributed by atoms with E-state index < -0.39 is 29.2 Å². The first-order valence-electron chi connectivity index (χ1n) is 9.59. The third-order valence-electron chi connectivity index (χ3n) is 5.29. The van der Waals surface area contributed by atoms with Crippen LogP contribution in [-0.4, -0.2) is 23.7 Å². The Kier molecular flexibility index (Phi) is 4.17. The van der Waals surface area contributed by atoms with E-state index in [0.717, 1.165) is 5.39 Å². The van der Waals surface area contributed by atoms with Crippen LogP contribution in [0.1, 0.15) is 24.0 Å². The molecular formula is C23H17NO6. The number of esters is 1. The predicted molar refractivity (Wildman–Crippen MR) is 110 cm³/mol. The fraction of sp³-hybridized carbons (Fsp3) is 0.174. The summed E-state index contributed by atoms with van der Waals surface area (Å²) < 4.78 is 16.6. The van der Waals surface area contributed by atoms with Crippen LogP contribution in [0.4, 0.5) is 0 Å². The van der Waals surface area contributed by atoms with Gasteiger partial charge in [-0.3, -0.25) is 4.79 Å². The fourth-order valence-corrected chi connectivity index (χ4v) is 4.00. The number of benzene rings is 2. The molecule has 0 spiro atoms. The molecule has 0 amide bonds. The molecule has 3 heterocycles. The summed E-state index contributed by atoms with van der Waals surface area (Å²) in [5.74, 6) is -1.35. The number of H-pyrrole nitrogens is 1. The molecule has 0 bridgehead atoms. The monoisotopic (exact) mass is 403 g/mol. The molecule has 1 N–H and O–H groups in total. The second-order valence-electron chi connectivity index (χ2n) is 7.04. The highest BCUT2D eigenvalue weighted by atomic mass is 16.6. The van der Waals surface area contributed by atoms with Crippen molar-refractivity contribution in [1.29, 1.82) is 0 Å². The van der Waals surface area contributed by atoms with Gasteiger partial charge in [-0.05, 0) is 36.6 Å². The topological polar surface area (TPSA) is 98.6 Å². The van der Waals surface area contributed by atoms with Crippen molar-refractivity contribution in [3.63, 3.8) is 0 Å². The maximum absolute atomic E-state index is 12.9. The summed E-state index contributed by atoms with van der Waals surface area (Å²) in [7, 11) is 0. The van der Waals surface area contributed by atoms with Crippen LogP contribution in [0.3, 0.4) is 0 Å². The Labute approximate surface area is 169 Å². The zero-order chi connectivity index (χ0) is 20.8. The zero-order valence-corrected chi connectivity index (χ0v) is 16.0. The normalized spacial score (nSPS) is 17.6. The summed E-state index contributed by atoms with van der Waals surface area (Å²) in [5.41, 5.74) is 0.339. The van der Waals surface area contributed by atoms with Crippen LogP contribution in [0, 0.1) is 0 Å². The van der Waals surface area contributed by atoms with Crippen LogP contribution in [0.5, 0.6) is 5.75 Å². The van der Waals surface area contributed by atoms with Crippen LogP contribution < -0.4 is 15.9 Å². The van der Waals surface area contributed by atoms with Crippen LogP contribution in [0.15, 0.2) is 68.6 Å². The van der Waals surface area contributed by atoms with Gasteiger partial charge in [-0.15, -0.1) is 0 Å². The van der Waals surface area contributed by atoms with Crippen molar-refractivity contribution in [3.05, 3.63) is 86.5 Å². The van der Waals surface area contributed by atoms with Crippen molar-refractivity contribution >= 4 is 27.8 Å². The third-order valence-corrected chi connectivity index (χ3v) is 5.29. The van der Waals surface area contributed by atoms with E-state index in [1.165, 1.54) is 0 Å². The lowest BCUT2D eigenvalue weighted by Gasteiger charge is -2.17. The lowest BCUT2D eigenvalue weighted by Crippen LogP contribution is -2.35. The standard InChI is InChI=1S/C23H17NO6/c1-2-28-23(27)20-17(14-11-12-7-3-5-9-15(12)24-21(14)25)18-19(30-20)13-8-4-6-10-16(13)29-22(18)26/h3-11,17,20H,2H2,1H3,(H,24,25)/t17-,20+/m1/s1. The lowest BCUT2D eigenvalue weighted by atomic mass is 9.88. The molecule has 7 heteroatoms. The van der Waals surface area contributed by atoms with E-state index in [1.54, 1.807) is 43.3 Å². The van der Waals surface area contributed by atoms with Gasteiger partial charge in [-0.25, -0.2) is 9.59 Å². The third kappa shape index (κ3) is 2.70. The van der Waals surface area contributed by atoms with E-state index in [4.69, 9.17) is 13.9 Å². The molecule has 0 fully saturated rings. The van der Waals surface area contributed by atoms with Gasteiger partial charge >= 0.3 is 11.6 Å². The first-order valence-corrected chi connectivity index (χ1v) is 9.59. The Morgan fingerprint density at radius 1 is 1.10 bits per heavy atom. The largest absolute Gasteiger partial charge is 0.476 e. The molecule has 0 aliphatic carbocycles. The Balaban J connectivity index is 1.80. The maximum atomic E-state index is 12.9. The number of rotatable bonds is 3. The molecule has 30 heavy (non-hydrogen) atoms. The summed E-state index contributed by atoms with van der Waals surface area (Å²) in [5, 5.41) is 1.33. The molecule has 0 unspecified atom stereocenters. The van der Waals surface area contributed by atoms with Gasteiger partial charge in [0.2, 0.25) is 6.10 Å². The van der Waals surface area contributed by atoms with Gasteiger partial charge < -0.3 is 18.9 Å². The number of nitrogens with one attached hydrogen (secondary N) is 1. The van der Waals surface area contributed by atoms with Crippen LogP contribution in [0.25, 0.3) is 21.9 Å². The van der Waals surface area contributed by atoms with Gasteiger partial charge in [0.15, 0.2) is 0 Å². The number of para-hydroxylation sites is 2. The summed E-state index contributed by atoms with van der Waals surface area (Å²) in [6.45, 7) is 1.83. The van der Waals surface area contributed by atoms with Crippen LogP contribution in [-0.2, 0) is 9.53 Å². The van der Waals surface area contributed by atoms with E-state index in [-0.39, 0.29) is 23.5 Å². The molecule has 0 radical (unpaired) electrons. The molecule has 2 aromatic heterocycles. The van der Waals surface area contributed by atoms with E-state index >= 15 is 0 Å². The van der Waals surface area contributed by atoms with Crippen molar-refractivity contribution in [2.75, 3.05) is 6.61 Å². The Morgan fingerprint density at radius 3 is 2.70 bits per heavy atom. The van der Waals surface area contributed by atoms with Gasteiger partial charge in [0, 0.05) is 11.1 Å². The number of carbonyl (C=O) groups excluding carboxylic acids is 1. The minimum Gasteiger partial charge on any atom is -0.476 e. The number of aromatic amines is 1. The molecule has 5 rings (SSSR count). The first kappa shape index (κ1) is 18.2. The van der Waals surface area contributed by atoms with E-state index in [9.17, 15) is 14.4 Å². The van der Waals surface area contributed by atoms with E-state index in [0.29, 0.717) is 16.5 Å². The molecule has 150 valence electrons. The average Bonchev–Trinajstić information content (AvgIpc) is 3.15. The van der Waals surface area contributed by atoms with Crippen molar-refractivity contribution in [2.24, 2.45) is 0 Å². The van der Waals surface area contributed by atoms with Gasteiger partial charge in [0.25, 0.3) is 5.56 Å². The van der Waals surface area contributed by atoms with Gasteiger partial charge in [0.05, 0.1) is 23.5 Å². The summed E-state index contributed by atoms with van der Waals surface area (Å²) in [6, 6.07) is 15.9. The SMILES string of the molecule is CCOC(=O)[C@H]1Oc2c(c(=O)oc3ccccc23)[C@H]1c1cc2ccccc2[nH]c1=O. The molecule has 1 aliphatic rings. The smallest absolute Gasteiger partial charge is 0.348 e. The Bertz CT molecular complexity index is 1420. The predicted octanol–water partition coefficient (Wildman–Crippen LogP) is 3.09. The summed E-state index contributed by atoms with van der Waals surface area (Å²) in [6.07, 6.45) is -1.17. The molecule has 2 atom stereocenters. The molecule has 2 aromatic carbocycles. The van der Waals surface area contributed by atoms with Crippen molar-refractivity contribution in [2.45, 2.75) is 18.9 Å². The van der Waals surface area contributed by atoms with Gasteiger partial charge in [-0.2, -0.15) is 0 Å². The van der Waals surface area contributed by atoms with Crippen LogP contribution >= 0.6 is 0 Å². The van der Waals surface area contributed by atoms with Gasteiger partial charge in [-0.1, -0.05) is 30.3 Å². The highest BCUT2D eigenvalue weighted by molar-refractivity contribution is 5.89. The highest BCUT2D eigenvalue weighted by Crippen LogP contribution is 2.44. The molecule has 7 nitrogen and oxygen atoms in total. The average molecular weight is 403 g/mol. The number of pyridine rings is 1. The van der Waals surface area contributed by atoms with Crippen molar-refractivity contribution < 1.29 is 18.7 Å². The quantitative estimate of drug-likeness (QED) is 0.417. The Hall–Kier alpha value is -3.87. The van der Waals surface area contributed by atoms with E-state index in [1.807, 2.05) is 18.2 Å². The number of aromatic nitrogens is 1. The minimum atomic E-state index is -1.17. The molecule has 0 saturated heterocycles. The molecule has 0 saturated carbocycles. The zero-order valence-electron chi connectivity index (χ0n) is 16.0. The molecule has 1 aliphatic heterocycles. The highest BCUT2D eigenvalue weighted by Gasteiger charge is 2.46. The fourth-order valence-electron chi connectivity index (χ4n) is 4.00. The van der Waals surface area contributed by atoms with Gasteiger partial charge in [0.1, 0.15) is 11.3 Å². The van der Waals surface area contributed by atoms with Crippen molar-refractivity contribution in [1.82, 2.24) is 4.98 Å². The second-order valence-corrected chi connectivity index (χ2v) is 7.04. The lowest BCUT2D eigenvalue weighted by molar-refractivity contribution is -0.151. The first-order chi connectivity index (χ1) is 14.6. The van der Waals surface area contributed by atoms with Crippen LogP contribution in [0.2, 0.25) is 0 Å². The minimum absolute atomic E-state index is 0.144. The second kappa shape index (κ2) is 6.88. The number of hydrogen-bond acceptors (Lipinski definition) is 6. The maximum Gasteiger partial charge on any atom is 0.348 e. The van der Waals surface area contributed by atoms with E-state index in [2.05, 4.69) is 4.98 Å². The molecule has 4 aromatic rings. The summed E-state index contributed by atoms with van der Waals surface area (Å²) >= 11 is 0. The summed E-state index contributed by atoms with van der Waals surface area (Å²) in [4.78, 5) is 41.4. The number of hydrogen-bond donors (Lipinski definition) is 1. The number of carbonyl (C=O) groups is 1. The molecular weight excluding hydrogens is 386 g/mol.